The molecule has 0 atom stereocenters. The average Bonchev–Trinajstić information content (AvgIpc) is 0.743. The van der Waals surface area contributed by atoms with E-state index in [2.05, 4.69) is 297 Å². The van der Waals surface area contributed by atoms with Gasteiger partial charge in [-0.15, -0.1) is 131 Å². The van der Waals surface area contributed by atoms with Crippen LogP contribution in [0.15, 0.2) is 340 Å². The van der Waals surface area contributed by atoms with Gasteiger partial charge in [-0.25, -0.2) is 0 Å². The summed E-state index contributed by atoms with van der Waals surface area (Å²) in [5, 5.41) is 32.2. The predicted molar refractivity (Wildman–Crippen MR) is 503 cm³/mol. The first-order valence-electron chi connectivity index (χ1n) is 41.2. The zero-order valence-corrected chi connectivity index (χ0v) is 75.9. The normalized spacial score (nSPS) is 11.7. The summed E-state index contributed by atoms with van der Waals surface area (Å²) in [7, 11) is -6.97. The van der Waals surface area contributed by atoms with Crippen LogP contribution in [0.25, 0.3) is 143 Å². The van der Waals surface area contributed by atoms with Crippen LogP contribution in [0.5, 0.6) is 0 Å². The van der Waals surface area contributed by atoms with E-state index >= 15 is 0 Å². The third-order valence-corrected chi connectivity index (χ3v) is 23.9. The van der Waals surface area contributed by atoms with E-state index < -0.39 is 45.5 Å². The number of aliphatic hydroxyl groups is 2. The van der Waals surface area contributed by atoms with E-state index in [1.54, 1.807) is 36.4 Å². The Labute approximate surface area is 757 Å². The summed E-state index contributed by atoms with van der Waals surface area (Å²) in [6, 6.07) is 118. The molecule has 19 heteroatoms. The molecule has 18 aromatic rings. The Kier molecular flexibility index (Phi) is 33.0. The first kappa shape index (κ1) is 89.2. The van der Waals surface area contributed by atoms with Crippen molar-refractivity contribution < 1.29 is 89.5 Å². The smallest absolute Gasteiger partial charge is 0.400 e. The molecule has 0 amide bonds. The Balaban J connectivity index is 0.000000222. The van der Waals surface area contributed by atoms with Crippen LogP contribution < -0.4 is 10.4 Å². The summed E-state index contributed by atoms with van der Waals surface area (Å²) in [6.45, 7) is 12.2. The number of alkyl halides is 3. The molecule has 0 fully saturated rings. The van der Waals surface area contributed by atoms with Gasteiger partial charge in [0, 0.05) is 99.2 Å². The Morgan fingerprint density at radius 3 is 0.959 bits per heavy atom. The molecule has 3 N–H and O–H groups in total. The number of halogens is 4. The van der Waals surface area contributed by atoms with E-state index in [1.165, 1.54) is 115 Å². The van der Waals surface area contributed by atoms with Crippen LogP contribution in [-0.2, 0) is 50.3 Å². The first-order chi connectivity index (χ1) is 59.8. The van der Waals surface area contributed by atoms with E-state index in [0.29, 0.717) is 0 Å². The fraction of sp³-hybridized carbons (Fsp3) is 0.125. The van der Waals surface area contributed by atoms with Crippen molar-refractivity contribution in [3.8, 4) is 78.5 Å². The number of aliphatic hydroxyl groups excluding tert-OH is 2. The van der Waals surface area contributed by atoms with E-state index in [-0.39, 0.29) is 63.5 Å². The number of hydrogen-bond acceptors (Lipinski definition) is 9. The molecule has 632 valence electrons. The van der Waals surface area contributed by atoms with Crippen molar-refractivity contribution in [3.05, 3.63) is 381 Å². The largest absolute Gasteiger partial charge is 0.522 e. The van der Waals surface area contributed by atoms with E-state index in [4.69, 9.17) is 41.4 Å². The Morgan fingerprint density at radius 2 is 0.634 bits per heavy atom. The Hall–Kier alpha value is -11.5. The number of pyridine rings is 5. The Morgan fingerprint density at radius 1 is 0.333 bits per heavy atom. The minimum absolute atomic E-state index is 0. The number of benzene rings is 13. The second kappa shape index (κ2) is 45.5. The molecule has 0 aliphatic carbocycles. The van der Waals surface area contributed by atoms with Crippen molar-refractivity contribution in [2.24, 2.45) is 0 Å². The standard InChI is InChI=1S/C32H27NSi.C32H26NSi.3C12H10N.CHF3O3S.2CH4O.CH4.FH.2Ir/c2*1-34(2,3)32-21-33-31(20-29(32)22-11-5-4-6-12-22)23-17-18-28-26-15-8-7-13-24(26)25-14-9-10-16-27(25)30(28)19-23;3*1-10-7-8-12(13-9-10)11-5-3-2-4-6-11;2-1(3,4)8(5,6)7;2*1-2;;;;/h4-21H,1-3H3;4-16,18-21H,1-3H3;3*2-5,7-9H,1H3;(H,5,6,7);2*2H,1H3;1H4;1H;;/q;4*-1;;;;;;;/i;;2*1D3;;;;;;;;. The fourth-order valence-corrected chi connectivity index (χ4v) is 16.5. The van der Waals surface area contributed by atoms with Crippen molar-refractivity contribution in [1.82, 2.24) is 24.9 Å². The zero-order chi connectivity index (χ0) is 89.9. The summed E-state index contributed by atoms with van der Waals surface area (Å²) in [5.74, 6) is 0. The molecular formula is C104H97F4Ir2N5O5SSi2-4. The third kappa shape index (κ3) is 25.1. The van der Waals surface area contributed by atoms with Crippen LogP contribution >= 0.6 is 0 Å². The molecule has 0 unspecified atom stereocenters. The van der Waals surface area contributed by atoms with E-state index in [1.807, 2.05) is 79.9 Å². The summed E-state index contributed by atoms with van der Waals surface area (Å²) < 4.78 is 101. The van der Waals surface area contributed by atoms with Gasteiger partial charge in [-0.1, -0.05) is 275 Å². The van der Waals surface area contributed by atoms with E-state index in [9.17, 15) is 13.2 Å². The fourth-order valence-electron chi connectivity index (χ4n) is 13.6. The quantitative estimate of drug-likeness (QED) is 0.0317. The van der Waals surface area contributed by atoms with Gasteiger partial charge in [0.1, 0.15) is 0 Å². The zero-order valence-electron chi connectivity index (χ0n) is 74.3. The summed E-state index contributed by atoms with van der Waals surface area (Å²) in [6.07, 6.45) is 8.90. The summed E-state index contributed by atoms with van der Waals surface area (Å²) in [4.78, 5) is 22.5. The second-order valence-corrected chi connectivity index (χ2v) is 40.9. The molecule has 5 aromatic heterocycles. The molecule has 0 aliphatic rings. The summed E-state index contributed by atoms with van der Waals surface area (Å²) >= 11 is 0. The van der Waals surface area contributed by atoms with Gasteiger partial charge >= 0.3 is 15.6 Å². The molecule has 5 heterocycles. The molecule has 123 heavy (non-hydrogen) atoms. The van der Waals surface area contributed by atoms with Crippen molar-refractivity contribution >= 4 is 101 Å². The van der Waals surface area contributed by atoms with Crippen LogP contribution in [0.2, 0.25) is 39.3 Å². The van der Waals surface area contributed by atoms with Crippen LogP contribution in [0.1, 0.15) is 32.3 Å². The van der Waals surface area contributed by atoms with Gasteiger partial charge in [0.25, 0.3) is 0 Å². The number of fused-ring (bicyclic) bond motifs is 12. The number of aromatic nitrogens is 5. The maximum absolute atomic E-state index is 10.7. The molecule has 2 radical (unpaired) electrons. The maximum Gasteiger partial charge on any atom is 0.522 e. The van der Waals surface area contributed by atoms with Gasteiger partial charge in [0.15, 0.2) is 0 Å². The van der Waals surface area contributed by atoms with Crippen molar-refractivity contribution in [1.29, 1.82) is 0 Å². The van der Waals surface area contributed by atoms with Crippen LogP contribution in [0, 0.1) is 44.9 Å². The number of nitrogens with zero attached hydrogens (tertiary/aromatic N) is 5. The Bertz CT molecular complexity index is 6370. The molecule has 13 aromatic carbocycles. The molecule has 0 saturated heterocycles. The molecule has 0 saturated carbocycles. The van der Waals surface area contributed by atoms with Crippen molar-refractivity contribution in [3.63, 3.8) is 0 Å². The van der Waals surface area contributed by atoms with Crippen molar-refractivity contribution in [2.75, 3.05) is 14.2 Å². The molecule has 0 bridgehead atoms. The topological polar surface area (TPSA) is 159 Å². The minimum atomic E-state index is -5.84. The first-order valence-corrected chi connectivity index (χ1v) is 46.6. The summed E-state index contributed by atoms with van der Waals surface area (Å²) in [5.41, 5.74) is 10.7. The average molecular weight is 2050 g/mol. The van der Waals surface area contributed by atoms with Gasteiger partial charge in [0.2, 0.25) is 0 Å². The monoisotopic (exact) mass is 2050 g/mol. The molecule has 18 rings (SSSR count). The number of rotatable bonds is 9. The molecule has 10 nitrogen and oxygen atoms in total. The van der Waals surface area contributed by atoms with Gasteiger partial charge in [0.05, 0.1) is 21.8 Å². The predicted octanol–water partition coefficient (Wildman–Crippen LogP) is 25.6. The maximum atomic E-state index is 10.7. The van der Waals surface area contributed by atoms with Crippen LogP contribution in [-0.4, -0.2) is 84.0 Å². The van der Waals surface area contributed by atoms with Gasteiger partial charge < -0.3 is 30.1 Å². The van der Waals surface area contributed by atoms with Gasteiger partial charge in [-0.05, 0) is 153 Å². The van der Waals surface area contributed by atoms with Gasteiger partial charge in [-0.3, -0.25) is 14.2 Å². The molecule has 0 aliphatic heterocycles. The number of hydrogen-bond donors (Lipinski definition) is 3. The third-order valence-electron chi connectivity index (χ3n) is 19.3. The minimum Gasteiger partial charge on any atom is -0.400 e. The van der Waals surface area contributed by atoms with Gasteiger partial charge in [-0.2, -0.15) is 21.6 Å². The second-order valence-electron chi connectivity index (χ2n) is 29.4. The molecular weight excluding hydrogens is 1950 g/mol. The SMILES string of the molecule is C.CO.CO.C[Si](C)(C)c1cnc(-c2[c-]cc3c4ccccc4c4ccccc4c3c2)cc1-c1ccccc1.C[Si](C)(C)c1cnc(-c2ccc3c4ccccc4c4ccccc4c3c2)cc1-c1ccccc1.Cc1ccc(-c2[c-]cccc2)nc1.F.O=S(=O)(O)C(F)(F)F.[2H]C([2H])([2H])c1ccc(-c2[c-]cccc2)nc1.[2H]C([2H])([2H])c1ccc(-c2[c-]cccc2)nc1.[Ir].[Ir]. The van der Waals surface area contributed by atoms with Crippen molar-refractivity contribution in [2.45, 2.75) is 72.8 Å². The molecule has 0 spiro atoms. The van der Waals surface area contributed by atoms with Crippen LogP contribution in [0.3, 0.4) is 0 Å². The number of aryl methyl sites for hydroxylation is 3. The van der Waals surface area contributed by atoms with E-state index in [0.717, 1.165) is 70.5 Å². The van der Waals surface area contributed by atoms with Crippen LogP contribution in [0.4, 0.5) is 17.9 Å².